The number of fused-ring (bicyclic) bond motifs is 2. The van der Waals surface area contributed by atoms with Crippen molar-refractivity contribution in [2.24, 2.45) is 0 Å². The van der Waals surface area contributed by atoms with Crippen LogP contribution in [0.1, 0.15) is 47.5 Å². The number of carbonyl (C=O) groups is 1. The molecule has 0 spiro atoms. The van der Waals surface area contributed by atoms with Gasteiger partial charge in [-0.3, -0.25) is 0 Å². The Balaban J connectivity index is 1.75. The molecule has 2 aliphatic rings. The SMILES string of the molecule is COC(=O)c1ccc(C2C[C@H]3CC[C@@H](C2)N3)cc1. The lowest BCUT2D eigenvalue weighted by Crippen LogP contribution is -2.37. The van der Waals surface area contributed by atoms with Gasteiger partial charge in [0.1, 0.15) is 0 Å². The fourth-order valence-electron chi connectivity index (χ4n) is 3.34. The van der Waals surface area contributed by atoms with Gasteiger partial charge in [0.15, 0.2) is 0 Å². The number of carbonyl (C=O) groups excluding carboxylic acids is 1. The average molecular weight is 245 g/mol. The van der Waals surface area contributed by atoms with Crippen LogP contribution >= 0.6 is 0 Å². The molecular weight excluding hydrogens is 226 g/mol. The van der Waals surface area contributed by atoms with Crippen molar-refractivity contribution in [3.63, 3.8) is 0 Å². The van der Waals surface area contributed by atoms with Crippen LogP contribution in [0.3, 0.4) is 0 Å². The van der Waals surface area contributed by atoms with Crippen LogP contribution in [0.5, 0.6) is 0 Å². The van der Waals surface area contributed by atoms with Crippen molar-refractivity contribution in [2.75, 3.05) is 7.11 Å². The number of benzene rings is 1. The summed E-state index contributed by atoms with van der Waals surface area (Å²) in [6.45, 7) is 0. The monoisotopic (exact) mass is 245 g/mol. The lowest BCUT2D eigenvalue weighted by Gasteiger charge is -2.29. The molecule has 0 radical (unpaired) electrons. The molecule has 1 aromatic carbocycles. The largest absolute Gasteiger partial charge is 0.465 e. The third kappa shape index (κ3) is 2.15. The average Bonchev–Trinajstić information content (AvgIpc) is 2.77. The first-order valence-electron chi connectivity index (χ1n) is 6.70. The van der Waals surface area contributed by atoms with Crippen LogP contribution in [0.2, 0.25) is 0 Å². The highest BCUT2D eigenvalue weighted by Gasteiger charge is 2.33. The maximum absolute atomic E-state index is 11.4. The summed E-state index contributed by atoms with van der Waals surface area (Å²) in [6.07, 6.45) is 5.10. The van der Waals surface area contributed by atoms with Crippen LogP contribution in [-0.4, -0.2) is 25.2 Å². The predicted molar refractivity (Wildman–Crippen MR) is 69.7 cm³/mol. The highest BCUT2D eigenvalue weighted by Crippen LogP contribution is 2.37. The second-order valence-electron chi connectivity index (χ2n) is 5.42. The third-order valence-electron chi connectivity index (χ3n) is 4.28. The van der Waals surface area contributed by atoms with Crippen LogP contribution in [0, 0.1) is 0 Å². The molecule has 0 amide bonds. The molecule has 1 aromatic rings. The van der Waals surface area contributed by atoms with E-state index in [1.807, 2.05) is 12.1 Å². The number of ether oxygens (including phenoxy) is 1. The highest BCUT2D eigenvalue weighted by atomic mass is 16.5. The molecule has 3 nitrogen and oxygen atoms in total. The zero-order valence-corrected chi connectivity index (χ0v) is 10.7. The molecule has 18 heavy (non-hydrogen) atoms. The van der Waals surface area contributed by atoms with Crippen LogP contribution < -0.4 is 5.32 Å². The first-order valence-corrected chi connectivity index (χ1v) is 6.70. The molecule has 1 N–H and O–H groups in total. The molecule has 2 aliphatic heterocycles. The van der Waals surface area contributed by atoms with E-state index < -0.39 is 0 Å². The standard InChI is InChI=1S/C15H19NO2/c1-18-15(17)11-4-2-10(3-5-11)12-8-13-6-7-14(9-12)16-13/h2-5,12-14,16H,6-9H2,1H3/t12?,13-,14+. The Morgan fingerprint density at radius 3 is 2.33 bits per heavy atom. The minimum atomic E-state index is -0.257. The summed E-state index contributed by atoms with van der Waals surface area (Å²) >= 11 is 0. The van der Waals surface area contributed by atoms with E-state index in [2.05, 4.69) is 17.4 Å². The van der Waals surface area contributed by atoms with Crippen LogP contribution in [0.15, 0.2) is 24.3 Å². The lowest BCUT2D eigenvalue weighted by molar-refractivity contribution is 0.0600. The second kappa shape index (κ2) is 4.73. The van der Waals surface area contributed by atoms with E-state index >= 15 is 0 Å². The number of esters is 1. The van der Waals surface area contributed by atoms with Crippen molar-refractivity contribution in [2.45, 2.75) is 43.7 Å². The minimum absolute atomic E-state index is 0.257. The van der Waals surface area contributed by atoms with Gasteiger partial charge in [-0.15, -0.1) is 0 Å². The van der Waals surface area contributed by atoms with Gasteiger partial charge < -0.3 is 10.1 Å². The molecule has 3 rings (SSSR count). The van der Waals surface area contributed by atoms with E-state index in [1.54, 1.807) is 0 Å². The van der Waals surface area contributed by atoms with Gasteiger partial charge in [0.25, 0.3) is 0 Å². The molecule has 2 saturated heterocycles. The Labute approximate surface area is 108 Å². The first-order chi connectivity index (χ1) is 8.76. The maximum atomic E-state index is 11.4. The predicted octanol–water partition coefficient (Wildman–Crippen LogP) is 2.47. The Morgan fingerprint density at radius 1 is 1.17 bits per heavy atom. The van der Waals surface area contributed by atoms with Crippen LogP contribution in [-0.2, 0) is 4.74 Å². The van der Waals surface area contributed by atoms with E-state index in [-0.39, 0.29) is 5.97 Å². The number of hydrogen-bond donors (Lipinski definition) is 1. The Kier molecular flexibility index (Phi) is 3.08. The van der Waals surface area contributed by atoms with Gasteiger partial charge >= 0.3 is 5.97 Å². The molecule has 1 unspecified atom stereocenters. The summed E-state index contributed by atoms with van der Waals surface area (Å²) in [5, 5.41) is 3.65. The van der Waals surface area contributed by atoms with E-state index in [9.17, 15) is 4.79 Å². The molecule has 3 atom stereocenters. The van der Waals surface area contributed by atoms with Gasteiger partial charge in [-0.25, -0.2) is 4.79 Å². The van der Waals surface area contributed by atoms with Crippen molar-refractivity contribution in [1.29, 1.82) is 0 Å². The molecule has 0 aliphatic carbocycles. The normalized spacial score (nSPS) is 30.2. The van der Waals surface area contributed by atoms with Crippen molar-refractivity contribution < 1.29 is 9.53 Å². The Hall–Kier alpha value is -1.35. The van der Waals surface area contributed by atoms with E-state index in [0.29, 0.717) is 23.6 Å². The van der Waals surface area contributed by atoms with Gasteiger partial charge in [0.2, 0.25) is 0 Å². The molecule has 96 valence electrons. The van der Waals surface area contributed by atoms with Crippen molar-refractivity contribution in [1.82, 2.24) is 5.32 Å². The summed E-state index contributed by atoms with van der Waals surface area (Å²) in [6, 6.07) is 9.34. The van der Waals surface area contributed by atoms with Gasteiger partial charge in [0, 0.05) is 12.1 Å². The number of nitrogens with one attached hydrogen (secondary N) is 1. The fourth-order valence-corrected chi connectivity index (χ4v) is 3.34. The van der Waals surface area contributed by atoms with Gasteiger partial charge in [0.05, 0.1) is 12.7 Å². The maximum Gasteiger partial charge on any atom is 0.337 e. The number of hydrogen-bond acceptors (Lipinski definition) is 3. The molecule has 0 aromatic heterocycles. The smallest absolute Gasteiger partial charge is 0.337 e. The Bertz CT molecular complexity index is 428. The molecule has 0 saturated carbocycles. The summed E-state index contributed by atoms with van der Waals surface area (Å²) < 4.78 is 4.72. The summed E-state index contributed by atoms with van der Waals surface area (Å²) in [5.41, 5.74) is 2.00. The van der Waals surface area contributed by atoms with Crippen molar-refractivity contribution >= 4 is 5.97 Å². The van der Waals surface area contributed by atoms with Crippen molar-refractivity contribution in [3.05, 3.63) is 35.4 Å². The van der Waals surface area contributed by atoms with E-state index in [4.69, 9.17) is 4.74 Å². The quantitative estimate of drug-likeness (QED) is 0.813. The summed E-state index contributed by atoms with van der Waals surface area (Å²) in [7, 11) is 1.42. The summed E-state index contributed by atoms with van der Waals surface area (Å²) in [4.78, 5) is 11.4. The molecule has 2 bridgehead atoms. The van der Waals surface area contributed by atoms with E-state index in [0.717, 1.165) is 0 Å². The van der Waals surface area contributed by atoms with E-state index in [1.165, 1.54) is 38.4 Å². The fraction of sp³-hybridized carbons (Fsp3) is 0.533. The molecule has 2 fully saturated rings. The van der Waals surface area contributed by atoms with Gasteiger partial charge in [-0.1, -0.05) is 12.1 Å². The first kappa shape index (κ1) is 11.7. The number of rotatable bonds is 2. The Morgan fingerprint density at radius 2 is 1.78 bits per heavy atom. The highest BCUT2D eigenvalue weighted by molar-refractivity contribution is 5.89. The van der Waals surface area contributed by atoms with Crippen LogP contribution in [0.25, 0.3) is 0 Å². The molecular formula is C15H19NO2. The molecule has 2 heterocycles. The van der Waals surface area contributed by atoms with Gasteiger partial charge in [-0.2, -0.15) is 0 Å². The number of methoxy groups -OCH3 is 1. The number of piperidine rings is 1. The zero-order chi connectivity index (χ0) is 12.5. The molecule has 3 heteroatoms. The zero-order valence-electron chi connectivity index (χ0n) is 10.7. The van der Waals surface area contributed by atoms with Crippen LogP contribution in [0.4, 0.5) is 0 Å². The lowest BCUT2D eigenvalue weighted by atomic mass is 9.86. The second-order valence-corrected chi connectivity index (χ2v) is 5.42. The topological polar surface area (TPSA) is 38.3 Å². The minimum Gasteiger partial charge on any atom is -0.465 e. The summed E-state index contributed by atoms with van der Waals surface area (Å²) in [5.74, 6) is 0.391. The third-order valence-corrected chi connectivity index (χ3v) is 4.28. The van der Waals surface area contributed by atoms with Gasteiger partial charge in [-0.05, 0) is 49.3 Å². The van der Waals surface area contributed by atoms with Crippen molar-refractivity contribution in [3.8, 4) is 0 Å².